The Morgan fingerprint density at radius 2 is 0.865 bits per heavy atom. The van der Waals surface area contributed by atoms with E-state index in [2.05, 4.69) is 39.8 Å². The lowest BCUT2D eigenvalue weighted by atomic mass is 9.89. The van der Waals surface area contributed by atoms with Crippen LogP contribution in [0, 0.1) is 0 Å². The van der Waals surface area contributed by atoms with E-state index in [4.69, 9.17) is 19.2 Å². The SMILES string of the molecule is CC(C)c1ccccc1-c1cc(OC(=O)c2ccc(C(=O)Oc3cc(-c4ccccc4C(C)C)cc(C(C)(C)OO)c3)cc2)cc(C(C)(C)OO)c1. The van der Waals surface area contributed by atoms with Crippen LogP contribution in [0.25, 0.3) is 22.3 Å². The van der Waals surface area contributed by atoms with Crippen molar-refractivity contribution in [2.75, 3.05) is 0 Å². The Kier molecular flexibility index (Phi) is 11.5. The number of hydrogen-bond donors (Lipinski definition) is 2. The molecule has 0 aromatic heterocycles. The van der Waals surface area contributed by atoms with E-state index in [0.29, 0.717) is 11.1 Å². The lowest BCUT2D eigenvalue weighted by Crippen LogP contribution is -2.20. The Labute approximate surface area is 305 Å². The van der Waals surface area contributed by atoms with Crippen molar-refractivity contribution in [3.8, 4) is 33.8 Å². The van der Waals surface area contributed by atoms with Crippen molar-refractivity contribution in [1.82, 2.24) is 0 Å². The molecule has 0 aliphatic heterocycles. The van der Waals surface area contributed by atoms with Crippen molar-refractivity contribution in [3.05, 3.63) is 143 Å². The Hall–Kier alpha value is -5.12. The van der Waals surface area contributed by atoms with E-state index >= 15 is 0 Å². The lowest BCUT2D eigenvalue weighted by molar-refractivity contribution is -0.318. The Morgan fingerprint density at radius 3 is 1.19 bits per heavy atom. The zero-order chi connectivity index (χ0) is 37.8. The van der Waals surface area contributed by atoms with E-state index in [1.165, 1.54) is 24.3 Å². The summed E-state index contributed by atoms with van der Waals surface area (Å²) in [5.41, 5.74) is 5.32. The third kappa shape index (κ3) is 8.49. The summed E-state index contributed by atoms with van der Waals surface area (Å²) in [7, 11) is 0. The Bertz CT molecular complexity index is 1910. The van der Waals surface area contributed by atoms with Crippen LogP contribution in [-0.4, -0.2) is 22.5 Å². The summed E-state index contributed by atoms with van der Waals surface area (Å²) in [6.45, 7) is 15.3. The molecule has 5 aromatic rings. The van der Waals surface area contributed by atoms with Crippen molar-refractivity contribution in [3.63, 3.8) is 0 Å². The van der Waals surface area contributed by atoms with Crippen molar-refractivity contribution in [1.29, 1.82) is 0 Å². The van der Waals surface area contributed by atoms with E-state index in [9.17, 15) is 20.1 Å². The quantitative estimate of drug-likeness (QED) is 0.0572. The molecule has 0 heterocycles. The van der Waals surface area contributed by atoms with Gasteiger partial charge in [-0.25, -0.2) is 19.4 Å². The molecule has 8 heteroatoms. The average Bonchev–Trinajstić information content (AvgIpc) is 3.14. The summed E-state index contributed by atoms with van der Waals surface area (Å²) in [4.78, 5) is 36.4. The number of rotatable bonds is 12. The fraction of sp³-hybridized carbons (Fsp3) is 0.273. The Morgan fingerprint density at radius 1 is 0.519 bits per heavy atom. The standard InChI is InChI=1S/C44H46O8/c1-27(2)37-13-9-11-15-39(37)31-21-33(43(5,6)51-47)25-35(23-31)49-41(45)29-17-19-30(20-18-29)42(46)50-36-24-32(22-34(26-36)44(7,8)52-48)40-16-12-10-14-38(40)28(3)4/h9-28,47-48H,1-8H3. The van der Waals surface area contributed by atoms with Crippen molar-refractivity contribution in [2.45, 2.75) is 78.4 Å². The molecule has 0 aliphatic carbocycles. The Balaban J connectivity index is 1.41. The van der Waals surface area contributed by atoms with Gasteiger partial charge in [0.15, 0.2) is 0 Å². The molecule has 2 N–H and O–H groups in total. The highest BCUT2D eigenvalue weighted by Crippen LogP contribution is 2.38. The van der Waals surface area contributed by atoms with Crippen LogP contribution in [0.2, 0.25) is 0 Å². The summed E-state index contributed by atoms with van der Waals surface area (Å²) in [5.74, 6) is -0.228. The van der Waals surface area contributed by atoms with E-state index in [0.717, 1.165) is 33.4 Å². The zero-order valence-corrected chi connectivity index (χ0v) is 30.9. The molecule has 8 nitrogen and oxygen atoms in total. The summed E-state index contributed by atoms with van der Waals surface area (Å²) in [5, 5.41) is 19.3. The smallest absolute Gasteiger partial charge is 0.343 e. The minimum absolute atomic E-state index is 0.222. The van der Waals surface area contributed by atoms with Gasteiger partial charge in [-0.1, -0.05) is 76.2 Å². The average molecular weight is 703 g/mol. The normalized spacial score (nSPS) is 11.9. The van der Waals surface area contributed by atoms with Gasteiger partial charge < -0.3 is 9.47 Å². The van der Waals surface area contributed by atoms with Gasteiger partial charge >= 0.3 is 11.9 Å². The summed E-state index contributed by atoms with van der Waals surface area (Å²) < 4.78 is 11.7. The fourth-order valence-corrected chi connectivity index (χ4v) is 6.03. The van der Waals surface area contributed by atoms with Crippen molar-refractivity contribution < 1.29 is 39.4 Å². The van der Waals surface area contributed by atoms with Gasteiger partial charge in [0, 0.05) is 0 Å². The number of esters is 2. The number of hydrogen-bond acceptors (Lipinski definition) is 8. The molecule has 0 unspecified atom stereocenters. The van der Waals surface area contributed by atoms with Crippen LogP contribution in [0.4, 0.5) is 0 Å². The predicted molar refractivity (Wildman–Crippen MR) is 202 cm³/mol. The highest BCUT2D eigenvalue weighted by Gasteiger charge is 2.26. The summed E-state index contributed by atoms with van der Waals surface area (Å²) in [6, 6.07) is 32.7. The monoisotopic (exact) mass is 702 g/mol. The van der Waals surface area contributed by atoms with Gasteiger partial charge in [0.1, 0.15) is 22.7 Å². The second-order valence-electron chi connectivity index (χ2n) is 14.5. The second-order valence-corrected chi connectivity index (χ2v) is 14.5. The number of ether oxygens (including phenoxy) is 2. The van der Waals surface area contributed by atoms with Crippen LogP contribution in [0.3, 0.4) is 0 Å². The van der Waals surface area contributed by atoms with E-state index in [-0.39, 0.29) is 34.5 Å². The lowest BCUT2D eigenvalue weighted by Gasteiger charge is -2.23. The third-order valence-corrected chi connectivity index (χ3v) is 9.22. The second kappa shape index (κ2) is 15.6. The van der Waals surface area contributed by atoms with E-state index in [1.54, 1.807) is 52.0 Å². The number of carbonyl (C=O) groups is 2. The first-order chi connectivity index (χ1) is 24.6. The largest absolute Gasteiger partial charge is 0.423 e. The van der Waals surface area contributed by atoms with Gasteiger partial charge in [-0.05, 0) is 145 Å². The molecular formula is C44H46O8. The third-order valence-electron chi connectivity index (χ3n) is 9.22. The van der Waals surface area contributed by atoms with Gasteiger partial charge in [0.25, 0.3) is 0 Å². The molecule has 0 saturated heterocycles. The maximum absolute atomic E-state index is 13.4. The maximum Gasteiger partial charge on any atom is 0.343 e. The maximum atomic E-state index is 13.4. The molecule has 5 rings (SSSR count). The minimum atomic E-state index is -1.08. The van der Waals surface area contributed by atoms with Gasteiger partial charge in [-0.3, -0.25) is 10.5 Å². The predicted octanol–water partition coefficient (Wildman–Crippen LogP) is 11.2. The molecule has 52 heavy (non-hydrogen) atoms. The molecule has 0 bridgehead atoms. The first-order valence-electron chi connectivity index (χ1n) is 17.3. The molecule has 0 atom stereocenters. The highest BCUT2D eigenvalue weighted by molar-refractivity contribution is 5.95. The van der Waals surface area contributed by atoms with Crippen LogP contribution in [0.15, 0.2) is 109 Å². The fourth-order valence-electron chi connectivity index (χ4n) is 6.03. The molecule has 0 radical (unpaired) electrons. The summed E-state index contributed by atoms with van der Waals surface area (Å²) in [6.07, 6.45) is 0. The first kappa shape index (κ1) is 38.1. The van der Waals surface area contributed by atoms with Gasteiger partial charge in [0.2, 0.25) is 0 Å². The highest BCUT2D eigenvalue weighted by atomic mass is 17.1. The molecule has 0 spiro atoms. The van der Waals surface area contributed by atoms with Crippen LogP contribution in [-0.2, 0) is 21.0 Å². The molecule has 0 saturated carbocycles. The minimum Gasteiger partial charge on any atom is -0.423 e. The van der Waals surface area contributed by atoms with Crippen molar-refractivity contribution in [2.24, 2.45) is 0 Å². The molecule has 0 fully saturated rings. The van der Waals surface area contributed by atoms with Crippen LogP contribution >= 0.6 is 0 Å². The molecule has 5 aromatic carbocycles. The first-order valence-corrected chi connectivity index (χ1v) is 17.3. The molecule has 270 valence electrons. The van der Waals surface area contributed by atoms with Crippen LogP contribution in [0.5, 0.6) is 11.5 Å². The van der Waals surface area contributed by atoms with Gasteiger partial charge in [-0.2, -0.15) is 0 Å². The van der Waals surface area contributed by atoms with Gasteiger partial charge in [-0.15, -0.1) is 0 Å². The van der Waals surface area contributed by atoms with Crippen LogP contribution in [0.1, 0.15) is 110 Å². The molecule has 0 amide bonds. The topological polar surface area (TPSA) is 112 Å². The van der Waals surface area contributed by atoms with Gasteiger partial charge in [0.05, 0.1) is 11.1 Å². The number of carbonyl (C=O) groups excluding carboxylic acids is 2. The van der Waals surface area contributed by atoms with E-state index in [1.807, 2.05) is 48.5 Å². The number of benzene rings is 5. The van der Waals surface area contributed by atoms with Crippen LogP contribution < -0.4 is 9.47 Å². The zero-order valence-electron chi connectivity index (χ0n) is 30.9. The van der Waals surface area contributed by atoms with E-state index < -0.39 is 23.1 Å². The van der Waals surface area contributed by atoms with Crippen molar-refractivity contribution >= 4 is 11.9 Å². The molecule has 0 aliphatic rings. The molecular weight excluding hydrogens is 656 g/mol. The summed E-state index contributed by atoms with van der Waals surface area (Å²) >= 11 is 0.